The van der Waals surface area contributed by atoms with Crippen LogP contribution in [0.3, 0.4) is 0 Å². The van der Waals surface area contributed by atoms with Crippen molar-refractivity contribution in [3.63, 3.8) is 0 Å². The molecule has 2 fully saturated rings. The van der Waals surface area contributed by atoms with E-state index in [1.54, 1.807) is 12.1 Å². The maximum atomic E-state index is 14.5. The number of benzene rings is 2. The van der Waals surface area contributed by atoms with Crippen molar-refractivity contribution in [2.45, 2.75) is 25.7 Å². The van der Waals surface area contributed by atoms with E-state index in [2.05, 4.69) is 22.2 Å². The molecule has 8 heteroatoms. The molecule has 0 bridgehead atoms. The molecule has 1 aromatic heterocycles. The summed E-state index contributed by atoms with van der Waals surface area (Å²) < 4.78 is 42.0. The summed E-state index contributed by atoms with van der Waals surface area (Å²) in [6, 6.07) is 8.33. The van der Waals surface area contributed by atoms with Gasteiger partial charge in [0.05, 0.1) is 12.1 Å². The molecule has 3 aromatic rings. The molecule has 2 N–H and O–H groups in total. The third-order valence-corrected chi connectivity index (χ3v) is 7.77. The van der Waals surface area contributed by atoms with Crippen LogP contribution in [0.1, 0.15) is 24.8 Å². The van der Waals surface area contributed by atoms with Crippen molar-refractivity contribution in [2.24, 2.45) is 11.8 Å². The number of nitrogens with one attached hydrogen (secondary N) is 2. The number of fused-ring (bicyclic) bond motifs is 1. The van der Waals surface area contributed by atoms with Gasteiger partial charge in [-0.3, -0.25) is 4.79 Å². The number of carbonyl (C=O) groups is 1. The van der Waals surface area contributed by atoms with Gasteiger partial charge in [0.25, 0.3) is 0 Å². The van der Waals surface area contributed by atoms with Crippen molar-refractivity contribution in [1.29, 1.82) is 0 Å². The van der Waals surface area contributed by atoms with Crippen LogP contribution in [0.25, 0.3) is 22.2 Å². The molecule has 36 heavy (non-hydrogen) atoms. The van der Waals surface area contributed by atoms with Gasteiger partial charge in [-0.1, -0.05) is 0 Å². The van der Waals surface area contributed by atoms with Gasteiger partial charge in [0.1, 0.15) is 17.5 Å². The molecular weight excluding hydrogens is 465 g/mol. The van der Waals surface area contributed by atoms with Crippen molar-refractivity contribution >= 4 is 16.8 Å². The van der Waals surface area contributed by atoms with Crippen LogP contribution in [-0.2, 0) is 11.2 Å². The highest BCUT2D eigenvalue weighted by molar-refractivity contribution is 5.91. The van der Waals surface area contributed by atoms with Crippen molar-refractivity contribution in [3.8, 4) is 11.3 Å². The van der Waals surface area contributed by atoms with Gasteiger partial charge in [-0.05, 0) is 92.6 Å². The summed E-state index contributed by atoms with van der Waals surface area (Å²) in [5.74, 6) is -0.314. The lowest BCUT2D eigenvalue weighted by atomic mass is 9.72. The van der Waals surface area contributed by atoms with Gasteiger partial charge in [0.2, 0.25) is 5.91 Å². The minimum Gasteiger partial charge on any atom is -0.352 e. The molecule has 0 radical (unpaired) electrons. The van der Waals surface area contributed by atoms with Crippen LogP contribution in [0.15, 0.2) is 36.4 Å². The third-order valence-electron chi connectivity index (χ3n) is 7.77. The van der Waals surface area contributed by atoms with Crippen LogP contribution in [0.4, 0.5) is 13.2 Å². The van der Waals surface area contributed by atoms with Gasteiger partial charge in [-0.15, -0.1) is 0 Å². The standard InChI is InChI=1S/C28H33F3N4O/c1-34-8-10-35(11-9-34)26(36)17-32-16-19-12-18(13-19)2-7-23-24-14-22(30)15-25(31)28(24)33-27(23)20-3-5-21(29)6-4-20/h3-6,14-15,18-19,32-33H,2,7-13,16-17H2,1H3. The first-order valence-electron chi connectivity index (χ1n) is 12.8. The molecule has 2 aromatic carbocycles. The lowest BCUT2D eigenvalue weighted by Gasteiger charge is -2.36. The van der Waals surface area contributed by atoms with Crippen LogP contribution < -0.4 is 5.32 Å². The zero-order chi connectivity index (χ0) is 25.2. The normalized spacial score (nSPS) is 20.6. The van der Waals surface area contributed by atoms with Crippen molar-refractivity contribution in [2.75, 3.05) is 46.3 Å². The Kier molecular flexibility index (Phi) is 7.34. The molecule has 1 aliphatic heterocycles. The summed E-state index contributed by atoms with van der Waals surface area (Å²) in [5, 5.41) is 3.88. The van der Waals surface area contributed by atoms with Gasteiger partial charge in [0, 0.05) is 43.3 Å². The largest absolute Gasteiger partial charge is 0.352 e. The monoisotopic (exact) mass is 498 g/mol. The van der Waals surface area contributed by atoms with Gasteiger partial charge in [0.15, 0.2) is 0 Å². The van der Waals surface area contributed by atoms with E-state index < -0.39 is 11.6 Å². The lowest BCUT2D eigenvalue weighted by molar-refractivity contribution is -0.131. The number of H-pyrrole nitrogens is 1. The van der Waals surface area contributed by atoms with Crippen LogP contribution >= 0.6 is 0 Å². The summed E-state index contributed by atoms with van der Waals surface area (Å²) >= 11 is 0. The van der Waals surface area contributed by atoms with Gasteiger partial charge >= 0.3 is 0 Å². The summed E-state index contributed by atoms with van der Waals surface area (Å²) in [7, 11) is 2.08. The van der Waals surface area contributed by atoms with Crippen molar-refractivity contribution in [3.05, 3.63) is 59.4 Å². The zero-order valence-corrected chi connectivity index (χ0v) is 20.6. The topological polar surface area (TPSA) is 51.4 Å². The molecule has 5 nitrogen and oxygen atoms in total. The number of hydrogen-bond donors (Lipinski definition) is 2. The fraction of sp³-hybridized carbons (Fsp3) is 0.464. The molecule has 1 saturated heterocycles. The van der Waals surface area contributed by atoms with E-state index in [-0.39, 0.29) is 17.2 Å². The summed E-state index contributed by atoms with van der Waals surface area (Å²) in [5.41, 5.74) is 2.62. The first-order chi connectivity index (χ1) is 17.4. The molecule has 1 saturated carbocycles. The maximum absolute atomic E-state index is 14.5. The fourth-order valence-corrected chi connectivity index (χ4v) is 5.57. The summed E-state index contributed by atoms with van der Waals surface area (Å²) in [4.78, 5) is 19.7. The summed E-state index contributed by atoms with van der Waals surface area (Å²) in [6.45, 7) is 4.66. The molecular formula is C28H33F3N4O. The number of amides is 1. The smallest absolute Gasteiger partial charge is 0.236 e. The van der Waals surface area contributed by atoms with Crippen LogP contribution in [0, 0.1) is 29.3 Å². The number of hydrogen-bond acceptors (Lipinski definition) is 3. The Hall–Kier alpha value is -2.84. The van der Waals surface area contributed by atoms with Crippen molar-refractivity contribution < 1.29 is 18.0 Å². The van der Waals surface area contributed by atoms with E-state index in [9.17, 15) is 18.0 Å². The molecule has 1 aliphatic carbocycles. The predicted octanol–water partition coefficient (Wildman–Crippen LogP) is 4.57. The number of nitrogens with zero attached hydrogens (tertiary/aromatic N) is 2. The van der Waals surface area contributed by atoms with E-state index in [4.69, 9.17) is 0 Å². The molecule has 2 aliphatic rings. The van der Waals surface area contributed by atoms with Gasteiger partial charge < -0.3 is 20.1 Å². The van der Waals surface area contributed by atoms with Gasteiger partial charge in [-0.25, -0.2) is 13.2 Å². The second kappa shape index (κ2) is 10.6. The van der Waals surface area contributed by atoms with Crippen LogP contribution in [-0.4, -0.2) is 67.0 Å². The minimum absolute atomic E-state index is 0.172. The Labute approximate surface area is 209 Å². The molecule has 5 rings (SSSR count). The SMILES string of the molecule is CN1CCN(C(=O)CNCC2CC(CCc3c(-c4ccc(F)cc4)[nH]c4c(F)cc(F)cc34)C2)CC1. The Bertz CT molecular complexity index is 1210. The Balaban J connectivity index is 1.16. The highest BCUT2D eigenvalue weighted by Crippen LogP contribution is 2.39. The zero-order valence-electron chi connectivity index (χ0n) is 20.6. The van der Waals surface area contributed by atoms with Gasteiger partial charge in [-0.2, -0.15) is 0 Å². The van der Waals surface area contributed by atoms with E-state index in [0.29, 0.717) is 30.2 Å². The van der Waals surface area contributed by atoms with Crippen LogP contribution in [0.5, 0.6) is 0 Å². The first kappa shape index (κ1) is 24.8. The molecule has 0 unspecified atom stereocenters. The maximum Gasteiger partial charge on any atom is 0.236 e. The highest BCUT2D eigenvalue weighted by atomic mass is 19.1. The number of likely N-dealkylation sites (N-methyl/N-ethyl adjacent to an activating group) is 1. The van der Waals surface area contributed by atoms with E-state index in [1.165, 1.54) is 18.2 Å². The third kappa shape index (κ3) is 5.44. The molecule has 0 atom stereocenters. The predicted molar refractivity (Wildman–Crippen MR) is 135 cm³/mol. The molecule has 1 amide bonds. The quantitative estimate of drug-likeness (QED) is 0.478. The highest BCUT2D eigenvalue weighted by Gasteiger charge is 2.29. The fourth-order valence-electron chi connectivity index (χ4n) is 5.57. The molecule has 2 heterocycles. The first-order valence-corrected chi connectivity index (χ1v) is 12.8. The van der Waals surface area contributed by atoms with Crippen molar-refractivity contribution in [1.82, 2.24) is 20.1 Å². The Morgan fingerprint density at radius 2 is 1.72 bits per heavy atom. The second-order valence-electron chi connectivity index (χ2n) is 10.4. The van der Waals surface area contributed by atoms with E-state index in [0.717, 1.165) is 74.9 Å². The number of aromatic amines is 1. The Morgan fingerprint density at radius 1 is 1.00 bits per heavy atom. The summed E-state index contributed by atoms with van der Waals surface area (Å²) in [6.07, 6.45) is 3.75. The second-order valence-corrected chi connectivity index (χ2v) is 10.4. The average Bonchev–Trinajstić information content (AvgIpc) is 3.19. The molecule has 0 spiro atoms. The average molecular weight is 499 g/mol. The Morgan fingerprint density at radius 3 is 2.44 bits per heavy atom. The minimum atomic E-state index is -0.625. The van der Waals surface area contributed by atoms with E-state index >= 15 is 0 Å². The van der Waals surface area contributed by atoms with Crippen LogP contribution in [0.2, 0.25) is 0 Å². The number of aryl methyl sites for hydroxylation is 1. The number of rotatable bonds is 8. The number of piperazine rings is 1. The number of aromatic nitrogens is 1. The van der Waals surface area contributed by atoms with E-state index in [1.807, 2.05) is 4.90 Å². The lowest BCUT2D eigenvalue weighted by Crippen LogP contribution is -2.50. The molecule has 192 valence electrons. The number of carbonyl (C=O) groups excluding carboxylic acids is 1. The number of halogens is 3.